The lowest BCUT2D eigenvalue weighted by atomic mass is 10.1. The first-order valence-electron chi connectivity index (χ1n) is 4.97. The second-order valence-electron chi connectivity index (χ2n) is 3.62. The van der Waals surface area contributed by atoms with E-state index in [9.17, 15) is 0 Å². The minimum Gasteiger partial charge on any atom is -0.369 e. The number of rotatable bonds is 1. The molecule has 3 N–H and O–H groups in total. The summed E-state index contributed by atoms with van der Waals surface area (Å²) in [5.74, 6) is 0.435. The zero-order valence-electron chi connectivity index (χ0n) is 8.51. The van der Waals surface area contributed by atoms with Crippen LogP contribution in [0.5, 0.6) is 0 Å². The van der Waals surface area contributed by atoms with E-state index in [1.165, 1.54) is 0 Å². The molecule has 4 heteroatoms. The Morgan fingerprint density at radius 2 is 2.00 bits per heavy atom. The van der Waals surface area contributed by atoms with Gasteiger partial charge in [0, 0.05) is 23.3 Å². The summed E-state index contributed by atoms with van der Waals surface area (Å²) < 4.78 is 0. The molecule has 0 aliphatic heterocycles. The highest BCUT2D eigenvalue weighted by molar-refractivity contribution is 5.86. The first-order valence-corrected chi connectivity index (χ1v) is 4.97. The zero-order valence-corrected chi connectivity index (χ0v) is 8.51. The predicted molar refractivity (Wildman–Crippen MR) is 63.7 cm³/mol. The number of H-pyrrole nitrogens is 1. The molecule has 1 aromatic carbocycles. The zero-order chi connectivity index (χ0) is 11.0. The molecule has 78 valence electrons. The maximum absolute atomic E-state index is 5.55. The van der Waals surface area contributed by atoms with Gasteiger partial charge in [-0.15, -0.1) is 0 Å². The number of hydrogen-bond acceptors (Lipinski definition) is 3. The largest absolute Gasteiger partial charge is 0.369 e. The van der Waals surface area contributed by atoms with E-state index < -0.39 is 0 Å². The number of nitrogens with two attached hydrogens (primary N) is 1. The highest BCUT2D eigenvalue weighted by Gasteiger charge is 2.02. The molecular formula is C12H10N4. The summed E-state index contributed by atoms with van der Waals surface area (Å²) >= 11 is 0. The van der Waals surface area contributed by atoms with Crippen molar-refractivity contribution in [2.75, 3.05) is 5.73 Å². The van der Waals surface area contributed by atoms with Crippen molar-refractivity contribution in [3.8, 4) is 11.3 Å². The molecule has 0 spiro atoms. The van der Waals surface area contributed by atoms with Crippen molar-refractivity contribution in [3.05, 3.63) is 42.9 Å². The SMILES string of the molecule is Nc1ncc(-c2ccc3cnccc3c2)[nH]1. The van der Waals surface area contributed by atoms with Crippen molar-refractivity contribution in [2.45, 2.75) is 0 Å². The quantitative estimate of drug-likeness (QED) is 0.647. The van der Waals surface area contributed by atoms with Gasteiger partial charge in [-0.2, -0.15) is 0 Å². The van der Waals surface area contributed by atoms with Crippen LogP contribution in [0.4, 0.5) is 5.95 Å². The number of anilines is 1. The number of imidazole rings is 1. The van der Waals surface area contributed by atoms with Crippen molar-refractivity contribution in [3.63, 3.8) is 0 Å². The molecule has 0 saturated carbocycles. The van der Waals surface area contributed by atoms with Gasteiger partial charge >= 0.3 is 0 Å². The van der Waals surface area contributed by atoms with Crippen LogP contribution in [0.3, 0.4) is 0 Å². The number of aromatic amines is 1. The smallest absolute Gasteiger partial charge is 0.197 e. The number of fused-ring (bicyclic) bond motifs is 1. The minimum atomic E-state index is 0.435. The van der Waals surface area contributed by atoms with Crippen molar-refractivity contribution in [1.29, 1.82) is 0 Å². The Kier molecular flexibility index (Phi) is 1.86. The highest BCUT2D eigenvalue weighted by atomic mass is 15.0. The van der Waals surface area contributed by atoms with Crippen molar-refractivity contribution < 1.29 is 0 Å². The van der Waals surface area contributed by atoms with Crippen molar-refractivity contribution in [2.24, 2.45) is 0 Å². The fraction of sp³-hybridized carbons (Fsp3) is 0. The van der Waals surface area contributed by atoms with Crippen LogP contribution in [-0.2, 0) is 0 Å². The Morgan fingerprint density at radius 1 is 1.06 bits per heavy atom. The van der Waals surface area contributed by atoms with Gasteiger partial charge in [0.2, 0.25) is 0 Å². The van der Waals surface area contributed by atoms with Gasteiger partial charge in [0.15, 0.2) is 5.95 Å². The standard InChI is InChI=1S/C12H10N4/c13-12-15-7-11(16-12)9-1-2-10-6-14-4-3-8(10)5-9/h1-7H,(H3,13,15,16). The van der Waals surface area contributed by atoms with E-state index in [4.69, 9.17) is 5.73 Å². The monoisotopic (exact) mass is 210 g/mol. The molecule has 4 nitrogen and oxygen atoms in total. The lowest BCUT2D eigenvalue weighted by Crippen LogP contribution is -1.85. The average molecular weight is 210 g/mol. The number of nitrogens with one attached hydrogen (secondary N) is 1. The average Bonchev–Trinajstić information content (AvgIpc) is 2.75. The molecule has 2 aromatic heterocycles. The molecule has 16 heavy (non-hydrogen) atoms. The molecule has 0 fully saturated rings. The van der Waals surface area contributed by atoms with E-state index in [1.54, 1.807) is 12.4 Å². The number of hydrogen-bond donors (Lipinski definition) is 2. The highest BCUT2D eigenvalue weighted by Crippen LogP contribution is 2.22. The number of nitrogen functional groups attached to an aromatic ring is 1. The molecular weight excluding hydrogens is 200 g/mol. The second-order valence-corrected chi connectivity index (χ2v) is 3.62. The molecule has 0 unspecified atom stereocenters. The van der Waals surface area contributed by atoms with Gasteiger partial charge in [-0.1, -0.05) is 12.1 Å². The summed E-state index contributed by atoms with van der Waals surface area (Å²) in [5, 5.41) is 2.28. The number of nitrogens with zero attached hydrogens (tertiary/aromatic N) is 2. The molecule has 0 atom stereocenters. The van der Waals surface area contributed by atoms with E-state index >= 15 is 0 Å². The van der Waals surface area contributed by atoms with Crippen LogP contribution < -0.4 is 5.73 Å². The van der Waals surface area contributed by atoms with Gasteiger partial charge in [0.25, 0.3) is 0 Å². The Balaban J connectivity index is 2.18. The maximum atomic E-state index is 5.55. The van der Waals surface area contributed by atoms with E-state index in [0.29, 0.717) is 5.95 Å². The van der Waals surface area contributed by atoms with Gasteiger partial charge in [-0.25, -0.2) is 4.98 Å². The van der Waals surface area contributed by atoms with Gasteiger partial charge in [0.05, 0.1) is 11.9 Å². The third-order valence-electron chi connectivity index (χ3n) is 2.55. The van der Waals surface area contributed by atoms with Crippen molar-refractivity contribution in [1.82, 2.24) is 15.0 Å². The number of aromatic nitrogens is 3. The van der Waals surface area contributed by atoms with Gasteiger partial charge in [-0.05, 0) is 17.5 Å². The van der Waals surface area contributed by atoms with Crippen LogP contribution in [0.25, 0.3) is 22.0 Å². The summed E-state index contributed by atoms with van der Waals surface area (Å²) in [6, 6.07) is 8.13. The predicted octanol–water partition coefficient (Wildman–Crippen LogP) is 2.21. The molecule has 0 amide bonds. The van der Waals surface area contributed by atoms with Crippen LogP contribution in [0.1, 0.15) is 0 Å². The lowest BCUT2D eigenvalue weighted by Gasteiger charge is -2.00. The summed E-state index contributed by atoms with van der Waals surface area (Å²) in [5.41, 5.74) is 7.55. The summed E-state index contributed by atoms with van der Waals surface area (Å²) in [7, 11) is 0. The van der Waals surface area contributed by atoms with E-state index in [0.717, 1.165) is 22.0 Å². The van der Waals surface area contributed by atoms with Gasteiger partial charge in [-0.3, -0.25) is 4.98 Å². The van der Waals surface area contributed by atoms with Gasteiger partial charge < -0.3 is 10.7 Å². The molecule has 0 aliphatic rings. The summed E-state index contributed by atoms with van der Waals surface area (Å²) in [6.45, 7) is 0. The summed E-state index contributed by atoms with van der Waals surface area (Å²) in [6.07, 6.45) is 5.37. The number of benzene rings is 1. The molecule has 0 radical (unpaired) electrons. The Labute approximate surface area is 92.2 Å². The van der Waals surface area contributed by atoms with Crippen LogP contribution >= 0.6 is 0 Å². The van der Waals surface area contributed by atoms with Crippen LogP contribution in [0.2, 0.25) is 0 Å². The maximum Gasteiger partial charge on any atom is 0.197 e. The molecule has 3 rings (SSSR count). The third-order valence-corrected chi connectivity index (χ3v) is 2.55. The molecule has 0 bridgehead atoms. The third kappa shape index (κ3) is 1.40. The van der Waals surface area contributed by atoms with Crippen LogP contribution in [0, 0.1) is 0 Å². The molecule has 0 aliphatic carbocycles. The first-order chi connectivity index (χ1) is 7.83. The second kappa shape index (κ2) is 3.34. The minimum absolute atomic E-state index is 0.435. The Morgan fingerprint density at radius 3 is 2.81 bits per heavy atom. The normalized spacial score (nSPS) is 10.8. The number of pyridine rings is 1. The fourth-order valence-electron chi connectivity index (χ4n) is 1.73. The molecule has 3 aromatic rings. The molecule has 0 saturated heterocycles. The van der Waals surface area contributed by atoms with Crippen molar-refractivity contribution >= 4 is 16.7 Å². The van der Waals surface area contributed by atoms with Crippen LogP contribution in [0.15, 0.2) is 42.9 Å². The summed E-state index contributed by atoms with van der Waals surface area (Å²) in [4.78, 5) is 11.1. The Hall–Kier alpha value is -2.36. The fourth-order valence-corrected chi connectivity index (χ4v) is 1.73. The van der Waals surface area contributed by atoms with Gasteiger partial charge in [0.1, 0.15) is 0 Å². The topological polar surface area (TPSA) is 67.6 Å². The van der Waals surface area contributed by atoms with E-state index in [2.05, 4.69) is 21.0 Å². The van der Waals surface area contributed by atoms with E-state index in [1.807, 2.05) is 24.4 Å². The lowest BCUT2D eigenvalue weighted by molar-refractivity contribution is 1.33. The molecule has 2 heterocycles. The van der Waals surface area contributed by atoms with E-state index in [-0.39, 0.29) is 0 Å². The Bertz CT molecular complexity index is 642. The first kappa shape index (κ1) is 8.91. The van der Waals surface area contributed by atoms with Crippen LogP contribution in [-0.4, -0.2) is 15.0 Å².